The van der Waals surface area contributed by atoms with Crippen LogP contribution in [-0.4, -0.2) is 30.2 Å². The Morgan fingerprint density at radius 1 is 1.42 bits per heavy atom. The van der Waals surface area contributed by atoms with Gasteiger partial charge in [0.15, 0.2) is 5.82 Å². The molecule has 0 saturated carbocycles. The van der Waals surface area contributed by atoms with E-state index in [-0.39, 0.29) is 5.56 Å². The van der Waals surface area contributed by atoms with Gasteiger partial charge in [0.25, 0.3) is 5.56 Å². The van der Waals surface area contributed by atoms with Gasteiger partial charge in [0.2, 0.25) is 5.75 Å². The zero-order chi connectivity index (χ0) is 13.8. The highest BCUT2D eigenvalue weighted by Crippen LogP contribution is 2.28. The normalized spacial score (nSPS) is 20.4. The van der Waals surface area contributed by atoms with Crippen LogP contribution in [0.5, 0.6) is 5.75 Å². The highest BCUT2D eigenvalue weighted by Gasteiger charge is 2.23. The van der Waals surface area contributed by atoms with Crippen molar-refractivity contribution >= 4 is 5.82 Å². The summed E-state index contributed by atoms with van der Waals surface area (Å²) < 4.78 is 5.20. The topological polar surface area (TPSA) is 58.2 Å². The van der Waals surface area contributed by atoms with Crippen LogP contribution >= 0.6 is 0 Å². The van der Waals surface area contributed by atoms with Crippen LogP contribution in [0.2, 0.25) is 0 Å². The highest BCUT2D eigenvalue weighted by molar-refractivity contribution is 5.50. The lowest BCUT2D eigenvalue weighted by atomic mass is 9.89. The van der Waals surface area contributed by atoms with Crippen LogP contribution in [0, 0.1) is 11.8 Å². The third-order valence-corrected chi connectivity index (χ3v) is 4.01. The maximum atomic E-state index is 11.7. The van der Waals surface area contributed by atoms with Crippen molar-refractivity contribution < 1.29 is 4.74 Å². The zero-order valence-corrected chi connectivity index (χ0v) is 12.0. The van der Waals surface area contributed by atoms with Crippen molar-refractivity contribution in [2.45, 2.75) is 33.1 Å². The van der Waals surface area contributed by atoms with E-state index < -0.39 is 0 Å². The summed E-state index contributed by atoms with van der Waals surface area (Å²) in [5.41, 5.74) is -0.211. The second-order valence-corrected chi connectivity index (χ2v) is 5.51. The first-order valence-corrected chi connectivity index (χ1v) is 7.00. The summed E-state index contributed by atoms with van der Waals surface area (Å²) in [6.45, 7) is 6.45. The first-order valence-electron chi connectivity index (χ1n) is 7.00. The Hall–Kier alpha value is -1.52. The number of hydrogen-bond donors (Lipinski definition) is 1. The average molecular weight is 265 g/mol. The molecule has 1 unspecified atom stereocenters. The van der Waals surface area contributed by atoms with Gasteiger partial charge in [-0.3, -0.25) is 4.79 Å². The van der Waals surface area contributed by atoms with E-state index >= 15 is 0 Å². The standard InChI is InChI=1S/C14H23N3O2/c1-10(2)11-5-4-7-17(8-6-11)13-12(19-3)14(18)16-9-15-13/h9-11H,4-8H2,1-3H3,(H,15,16,18). The van der Waals surface area contributed by atoms with Crippen molar-refractivity contribution in [2.75, 3.05) is 25.1 Å². The van der Waals surface area contributed by atoms with Crippen molar-refractivity contribution in [2.24, 2.45) is 11.8 Å². The lowest BCUT2D eigenvalue weighted by Crippen LogP contribution is -2.28. The number of aromatic amines is 1. The van der Waals surface area contributed by atoms with Crippen molar-refractivity contribution in [3.63, 3.8) is 0 Å². The molecule has 0 radical (unpaired) electrons. The van der Waals surface area contributed by atoms with E-state index in [1.165, 1.54) is 19.9 Å². The fraction of sp³-hybridized carbons (Fsp3) is 0.714. The van der Waals surface area contributed by atoms with Gasteiger partial charge >= 0.3 is 0 Å². The number of anilines is 1. The van der Waals surface area contributed by atoms with Crippen LogP contribution in [0.25, 0.3) is 0 Å². The molecule has 0 bridgehead atoms. The molecule has 1 aromatic heterocycles. The van der Waals surface area contributed by atoms with Crippen LogP contribution < -0.4 is 15.2 Å². The summed E-state index contributed by atoms with van der Waals surface area (Å²) in [6, 6.07) is 0. The lowest BCUT2D eigenvalue weighted by Gasteiger charge is -2.23. The minimum Gasteiger partial charge on any atom is -0.489 e. The van der Waals surface area contributed by atoms with Crippen molar-refractivity contribution in [1.29, 1.82) is 0 Å². The van der Waals surface area contributed by atoms with Gasteiger partial charge in [0.1, 0.15) is 0 Å². The summed E-state index contributed by atoms with van der Waals surface area (Å²) in [5.74, 6) is 2.48. The summed E-state index contributed by atoms with van der Waals surface area (Å²) in [5, 5.41) is 0. The predicted octanol–water partition coefficient (Wildman–Crippen LogP) is 2.04. The SMILES string of the molecule is COc1c(N2CCCC(C(C)C)CC2)nc[nH]c1=O. The molecule has 0 aromatic carbocycles. The van der Waals surface area contributed by atoms with E-state index in [1.807, 2.05) is 0 Å². The Balaban J connectivity index is 2.19. The monoisotopic (exact) mass is 265 g/mol. The van der Waals surface area contributed by atoms with Crippen LogP contribution in [0.3, 0.4) is 0 Å². The Kier molecular flexibility index (Phi) is 4.45. The second kappa shape index (κ2) is 6.08. The van der Waals surface area contributed by atoms with E-state index in [1.54, 1.807) is 0 Å². The van der Waals surface area contributed by atoms with Gasteiger partial charge in [-0.1, -0.05) is 13.8 Å². The van der Waals surface area contributed by atoms with Crippen LogP contribution in [0.15, 0.2) is 11.1 Å². The predicted molar refractivity (Wildman–Crippen MR) is 75.8 cm³/mol. The quantitative estimate of drug-likeness (QED) is 0.908. The minimum atomic E-state index is -0.211. The molecule has 1 atom stereocenters. The first-order chi connectivity index (χ1) is 9.13. The highest BCUT2D eigenvalue weighted by atomic mass is 16.5. The number of nitrogens with one attached hydrogen (secondary N) is 1. The maximum Gasteiger partial charge on any atom is 0.295 e. The van der Waals surface area contributed by atoms with Gasteiger partial charge in [-0.15, -0.1) is 0 Å². The Labute approximate surface area is 114 Å². The number of nitrogens with zero attached hydrogens (tertiary/aromatic N) is 2. The van der Waals surface area contributed by atoms with Crippen molar-refractivity contribution in [3.05, 3.63) is 16.7 Å². The molecule has 19 heavy (non-hydrogen) atoms. The largest absolute Gasteiger partial charge is 0.489 e. The number of ether oxygens (including phenoxy) is 1. The van der Waals surface area contributed by atoms with Gasteiger partial charge in [0, 0.05) is 13.1 Å². The smallest absolute Gasteiger partial charge is 0.295 e. The summed E-state index contributed by atoms with van der Waals surface area (Å²) in [6.07, 6.45) is 4.99. The minimum absolute atomic E-state index is 0.211. The van der Waals surface area contributed by atoms with Gasteiger partial charge in [-0.25, -0.2) is 4.98 Å². The molecule has 1 N–H and O–H groups in total. The zero-order valence-electron chi connectivity index (χ0n) is 12.0. The molecule has 1 aliphatic heterocycles. The van der Waals surface area contributed by atoms with Gasteiger partial charge in [0.05, 0.1) is 13.4 Å². The number of aromatic nitrogens is 2. The molecule has 106 valence electrons. The first kappa shape index (κ1) is 13.9. The molecule has 5 nitrogen and oxygen atoms in total. The number of H-pyrrole nitrogens is 1. The van der Waals surface area contributed by atoms with E-state index in [0.717, 1.165) is 31.8 Å². The molecular weight excluding hydrogens is 242 g/mol. The molecule has 1 saturated heterocycles. The molecule has 1 aliphatic rings. The molecule has 1 aromatic rings. The molecule has 0 amide bonds. The molecule has 0 spiro atoms. The molecule has 0 aliphatic carbocycles. The second-order valence-electron chi connectivity index (χ2n) is 5.51. The van der Waals surface area contributed by atoms with E-state index in [9.17, 15) is 4.79 Å². The van der Waals surface area contributed by atoms with Crippen LogP contribution in [0.1, 0.15) is 33.1 Å². The van der Waals surface area contributed by atoms with E-state index in [4.69, 9.17) is 4.74 Å². The summed E-state index contributed by atoms with van der Waals surface area (Å²) in [4.78, 5) is 20.7. The molecule has 2 rings (SSSR count). The van der Waals surface area contributed by atoms with Gasteiger partial charge < -0.3 is 14.6 Å². The summed E-state index contributed by atoms with van der Waals surface area (Å²) in [7, 11) is 1.52. The average Bonchev–Trinajstić information content (AvgIpc) is 2.64. The molecule has 2 heterocycles. The number of hydrogen-bond acceptors (Lipinski definition) is 4. The van der Waals surface area contributed by atoms with E-state index in [0.29, 0.717) is 17.5 Å². The van der Waals surface area contributed by atoms with E-state index in [2.05, 4.69) is 28.7 Å². The number of rotatable bonds is 3. The fourth-order valence-corrected chi connectivity index (χ4v) is 2.79. The molecular formula is C14H23N3O2. The molecule has 5 heteroatoms. The third-order valence-electron chi connectivity index (χ3n) is 4.01. The summed E-state index contributed by atoms with van der Waals surface area (Å²) >= 11 is 0. The Morgan fingerprint density at radius 3 is 2.89 bits per heavy atom. The van der Waals surface area contributed by atoms with Crippen molar-refractivity contribution in [3.8, 4) is 5.75 Å². The van der Waals surface area contributed by atoms with Crippen LogP contribution in [-0.2, 0) is 0 Å². The lowest BCUT2D eigenvalue weighted by molar-refractivity contribution is 0.351. The maximum absolute atomic E-state index is 11.7. The van der Waals surface area contributed by atoms with Gasteiger partial charge in [-0.2, -0.15) is 0 Å². The van der Waals surface area contributed by atoms with Gasteiger partial charge in [-0.05, 0) is 31.1 Å². The fourth-order valence-electron chi connectivity index (χ4n) is 2.79. The Morgan fingerprint density at radius 2 is 2.21 bits per heavy atom. The Bertz CT molecular complexity index is 470. The third kappa shape index (κ3) is 3.08. The number of methoxy groups -OCH3 is 1. The van der Waals surface area contributed by atoms with Crippen LogP contribution in [0.4, 0.5) is 5.82 Å². The molecule has 1 fully saturated rings. The van der Waals surface area contributed by atoms with Crippen molar-refractivity contribution in [1.82, 2.24) is 9.97 Å².